The molecule has 0 saturated carbocycles. The molecule has 0 bridgehead atoms. The van der Waals surface area contributed by atoms with Gasteiger partial charge in [-0.05, 0) is 26.7 Å². The fraction of sp³-hybridized carbons (Fsp3) is 0.938. The van der Waals surface area contributed by atoms with E-state index in [9.17, 15) is 4.79 Å². The van der Waals surface area contributed by atoms with Crippen molar-refractivity contribution in [2.75, 3.05) is 20.2 Å². The first-order valence-corrected chi connectivity index (χ1v) is 7.81. The van der Waals surface area contributed by atoms with E-state index in [1.807, 2.05) is 25.8 Å². The minimum Gasteiger partial charge on any atom is -0.379 e. The molecule has 19 heavy (non-hydrogen) atoms. The van der Waals surface area contributed by atoms with Crippen molar-refractivity contribution in [3.8, 4) is 0 Å². The first kappa shape index (κ1) is 18.4. The Hall–Kier alpha value is -0.570. The molecule has 0 saturated heterocycles. The summed E-state index contributed by atoms with van der Waals surface area (Å²) in [6, 6.07) is 0. The van der Waals surface area contributed by atoms with Crippen molar-refractivity contribution in [3.63, 3.8) is 0 Å². The molecule has 3 heteroatoms. The maximum atomic E-state index is 11.6. The van der Waals surface area contributed by atoms with Gasteiger partial charge in [-0.15, -0.1) is 0 Å². The van der Waals surface area contributed by atoms with Crippen LogP contribution in [0.15, 0.2) is 0 Å². The van der Waals surface area contributed by atoms with Crippen LogP contribution in [0.2, 0.25) is 0 Å². The maximum absolute atomic E-state index is 11.6. The smallest absolute Gasteiger partial charge is 0.224 e. The van der Waals surface area contributed by atoms with Gasteiger partial charge in [0.2, 0.25) is 5.91 Å². The Morgan fingerprint density at radius 2 is 1.47 bits per heavy atom. The monoisotopic (exact) mass is 271 g/mol. The number of hydrogen-bond donors (Lipinski definition) is 0. The number of carbonyl (C=O) groups excluding carboxylic acids is 1. The van der Waals surface area contributed by atoms with Crippen molar-refractivity contribution in [1.29, 1.82) is 0 Å². The number of ether oxygens (including phenoxy) is 1. The standard InChI is InChI=1S/C16H33NO2/c1-14(2)16(18)17(5)12-10-8-6-7-9-11-13-19-15(3)4/h14-15H,6-13H2,1-5H3. The van der Waals surface area contributed by atoms with Crippen LogP contribution in [0.4, 0.5) is 0 Å². The fourth-order valence-corrected chi connectivity index (χ4v) is 2.03. The van der Waals surface area contributed by atoms with Crippen LogP contribution in [0.25, 0.3) is 0 Å². The van der Waals surface area contributed by atoms with Crippen LogP contribution in [-0.4, -0.2) is 37.1 Å². The second-order valence-corrected chi connectivity index (χ2v) is 5.96. The summed E-state index contributed by atoms with van der Waals surface area (Å²) in [5.74, 6) is 0.372. The lowest BCUT2D eigenvalue weighted by molar-refractivity contribution is -0.133. The number of amides is 1. The zero-order valence-corrected chi connectivity index (χ0v) is 13.6. The van der Waals surface area contributed by atoms with Gasteiger partial charge < -0.3 is 9.64 Å². The van der Waals surface area contributed by atoms with Gasteiger partial charge in [0.15, 0.2) is 0 Å². The number of nitrogens with zero attached hydrogens (tertiary/aromatic N) is 1. The lowest BCUT2D eigenvalue weighted by atomic mass is 10.1. The average Bonchev–Trinajstić information content (AvgIpc) is 2.35. The van der Waals surface area contributed by atoms with Crippen LogP contribution in [0, 0.1) is 5.92 Å². The normalized spacial score (nSPS) is 11.3. The molecule has 3 nitrogen and oxygen atoms in total. The van der Waals surface area contributed by atoms with Crippen molar-refractivity contribution in [1.82, 2.24) is 4.90 Å². The Morgan fingerprint density at radius 3 is 2.00 bits per heavy atom. The van der Waals surface area contributed by atoms with Crippen molar-refractivity contribution in [3.05, 3.63) is 0 Å². The van der Waals surface area contributed by atoms with Gasteiger partial charge in [-0.3, -0.25) is 4.79 Å². The topological polar surface area (TPSA) is 29.5 Å². The second kappa shape index (κ2) is 11.3. The molecular formula is C16H33NO2. The minimum atomic E-state index is 0.117. The summed E-state index contributed by atoms with van der Waals surface area (Å²) < 4.78 is 5.51. The highest BCUT2D eigenvalue weighted by Crippen LogP contribution is 2.07. The predicted octanol–water partition coefficient (Wildman–Crippen LogP) is 3.87. The van der Waals surface area contributed by atoms with Gasteiger partial charge in [0, 0.05) is 26.1 Å². The van der Waals surface area contributed by atoms with Crippen LogP contribution >= 0.6 is 0 Å². The van der Waals surface area contributed by atoms with Crippen molar-refractivity contribution < 1.29 is 9.53 Å². The molecule has 0 aromatic carbocycles. The molecule has 1 amide bonds. The zero-order valence-electron chi connectivity index (χ0n) is 13.6. The molecule has 0 spiro atoms. The Kier molecular flexibility index (Phi) is 10.9. The minimum absolute atomic E-state index is 0.117. The first-order chi connectivity index (χ1) is 8.95. The molecule has 0 N–H and O–H groups in total. The average molecular weight is 271 g/mol. The van der Waals surface area contributed by atoms with E-state index in [0.717, 1.165) is 19.6 Å². The third kappa shape index (κ3) is 11.0. The highest BCUT2D eigenvalue weighted by molar-refractivity contribution is 5.77. The molecule has 0 aliphatic heterocycles. The summed E-state index contributed by atoms with van der Waals surface area (Å²) in [6.45, 7) is 9.86. The van der Waals surface area contributed by atoms with E-state index in [1.54, 1.807) is 0 Å². The van der Waals surface area contributed by atoms with Crippen LogP contribution in [0.5, 0.6) is 0 Å². The first-order valence-electron chi connectivity index (χ1n) is 7.81. The molecule has 0 heterocycles. The zero-order chi connectivity index (χ0) is 14.7. The molecule has 0 aliphatic carbocycles. The van der Waals surface area contributed by atoms with Gasteiger partial charge >= 0.3 is 0 Å². The van der Waals surface area contributed by atoms with Crippen LogP contribution in [0.3, 0.4) is 0 Å². The van der Waals surface area contributed by atoms with Crippen LogP contribution in [0.1, 0.15) is 66.2 Å². The molecule has 0 fully saturated rings. The van der Waals surface area contributed by atoms with Crippen LogP contribution in [-0.2, 0) is 9.53 Å². The Labute approximate surface area is 119 Å². The summed E-state index contributed by atoms with van der Waals surface area (Å²) in [4.78, 5) is 13.5. The largest absolute Gasteiger partial charge is 0.379 e. The summed E-state index contributed by atoms with van der Waals surface area (Å²) in [5, 5.41) is 0. The van der Waals surface area contributed by atoms with Gasteiger partial charge in [0.25, 0.3) is 0 Å². The molecule has 0 rings (SSSR count). The second-order valence-electron chi connectivity index (χ2n) is 5.96. The Morgan fingerprint density at radius 1 is 0.947 bits per heavy atom. The van der Waals surface area contributed by atoms with E-state index in [-0.39, 0.29) is 11.8 Å². The van der Waals surface area contributed by atoms with Crippen molar-refractivity contribution in [2.24, 2.45) is 5.92 Å². The third-order valence-electron chi connectivity index (χ3n) is 3.21. The lowest BCUT2D eigenvalue weighted by Crippen LogP contribution is -2.31. The summed E-state index contributed by atoms with van der Waals surface area (Å²) in [7, 11) is 1.91. The summed E-state index contributed by atoms with van der Waals surface area (Å²) in [5.41, 5.74) is 0. The third-order valence-corrected chi connectivity index (χ3v) is 3.21. The van der Waals surface area contributed by atoms with E-state index in [0.29, 0.717) is 6.10 Å². The maximum Gasteiger partial charge on any atom is 0.224 e. The molecule has 0 radical (unpaired) electrons. The van der Waals surface area contributed by atoms with Crippen molar-refractivity contribution in [2.45, 2.75) is 72.3 Å². The lowest BCUT2D eigenvalue weighted by Gasteiger charge is -2.19. The molecule has 0 aliphatic rings. The van der Waals surface area contributed by atoms with Crippen LogP contribution < -0.4 is 0 Å². The highest BCUT2D eigenvalue weighted by atomic mass is 16.5. The predicted molar refractivity (Wildman–Crippen MR) is 81.3 cm³/mol. The van der Waals surface area contributed by atoms with E-state index >= 15 is 0 Å². The van der Waals surface area contributed by atoms with Gasteiger partial charge in [0.05, 0.1) is 6.10 Å². The molecule has 114 valence electrons. The summed E-state index contributed by atoms with van der Waals surface area (Å²) >= 11 is 0. The van der Waals surface area contributed by atoms with Gasteiger partial charge in [-0.1, -0.05) is 39.5 Å². The summed E-state index contributed by atoms with van der Waals surface area (Å²) in [6.07, 6.45) is 7.68. The number of carbonyl (C=O) groups is 1. The molecule has 0 unspecified atom stereocenters. The quantitative estimate of drug-likeness (QED) is 0.534. The number of hydrogen-bond acceptors (Lipinski definition) is 2. The highest BCUT2D eigenvalue weighted by Gasteiger charge is 2.11. The van der Waals surface area contributed by atoms with E-state index in [2.05, 4.69) is 13.8 Å². The van der Waals surface area contributed by atoms with Gasteiger partial charge in [-0.25, -0.2) is 0 Å². The molecule has 0 atom stereocenters. The fourth-order valence-electron chi connectivity index (χ4n) is 2.03. The van der Waals surface area contributed by atoms with Gasteiger partial charge in [-0.2, -0.15) is 0 Å². The molecular weight excluding hydrogens is 238 g/mol. The molecule has 0 aromatic rings. The number of unbranched alkanes of at least 4 members (excludes halogenated alkanes) is 5. The van der Waals surface area contributed by atoms with Crippen molar-refractivity contribution >= 4 is 5.91 Å². The Balaban J connectivity index is 3.29. The Bertz CT molecular complexity index is 227. The van der Waals surface area contributed by atoms with E-state index < -0.39 is 0 Å². The van der Waals surface area contributed by atoms with E-state index in [4.69, 9.17) is 4.74 Å². The van der Waals surface area contributed by atoms with E-state index in [1.165, 1.54) is 32.1 Å². The molecule has 0 aromatic heterocycles. The van der Waals surface area contributed by atoms with Gasteiger partial charge in [0.1, 0.15) is 0 Å². The SMILES string of the molecule is CC(C)OCCCCCCCCN(C)C(=O)C(C)C. The number of rotatable bonds is 11.